The molecule has 0 aromatic heterocycles. The molecule has 1 amide bonds. The maximum absolute atomic E-state index is 12.5. The summed E-state index contributed by atoms with van der Waals surface area (Å²) in [6.45, 7) is 6.45. The number of nitrogens with two attached hydrogens (primary N) is 1. The minimum absolute atomic E-state index is 0.00743. The quantitative estimate of drug-likeness (QED) is 0.934. The van der Waals surface area contributed by atoms with Crippen LogP contribution in [0.25, 0.3) is 0 Å². The van der Waals surface area contributed by atoms with E-state index >= 15 is 0 Å². The van der Waals surface area contributed by atoms with Crippen molar-refractivity contribution in [3.8, 4) is 5.75 Å². The molecular weight excluding hydrogens is 288 g/mol. The van der Waals surface area contributed by atoms with E-state index in [1.165, 1.54) is 0 Å². The summed E-state index contributed by atoms with van der Waals surface area (Å²) in [6, 6.07) is 5.88. The Morgan fingerprint density at radius 3 is 2.90 bits per heavy atom. The SMILES string of the molecule is Cc1ccc(Cl)c(O[C@H](C)C(=O)N2CC[C@H](N)C[C@H]2C)c1. The summed E-state index contributed by atoms with van der Waals surface area (Å²) in [7, 11) is 0. The van der Waals surface area contributed by atoms with Gasteiger partial charge in [-0.3, -0.25) is 4.79 Å². The lowest BCUT2D eigenvalue weighted by Gasteiger charge is -2.37. The van der Waals surface area contributed by atoms with Crippen LogP contribution in [0.4, 0.5) is 0 Å². The number of likely N-dealkylation sites (tertiary alicyclic amines) is 1. The van der Waals surface area contributed by atoms with Gasteiger partial charge in [-0.2, -0.15) is 0 Å². The number of hydrogen-bond donors (Lipinski definition) is 1. The minimum Gasteiger partial charge on any atom is -0.479 e. The molecule has 3 atom stereocenters. The Morgan fingerprint density at radius 1 is 1.52 bits per heavy atom. The number of piperidine rings is 1. The number of rotatable bonds is 3. The summed E-state index contributed by atoms with van der Waals surface area (Å²) in [5.41, 5.74) is 6.98. The standard InChI is InChI=1S/C16H23ClN2O2/c1-10-4-5-14(17)15(8-10)21-12(3)16(20)19-7-6-13(18)9-11(19)2/h4-5,8,11-13H,6-7,9,18H2,1-3H3/t11-,12-,13+/m1/s1. The van der Waals surface area contributed by atoms with Gasteiger partial charge in [-0.05, 0) is 51.3 Å². The molecule has 1 aromatic carbocycles. The van der Waals surface area contributed by atoms with E-state index in [-0.39, 0.29) is 18.0 Å². The fourth-order valence-corrected chi connectivity index (χ4v) is 2.87. The van der Waals surface area contributed by atoms with E-state index in [0.29, 0.717) is 17.3 Å². The van der Waals surface area contributed by atoms with Gasteiger partial charge in [-0.25, -0.2) is 0 Å². The van der Waals surface area contributed by atoms with E-state index in [9.17, 15) is 4.79 Å². The van der Waals surface area contributed by atoms with Crippen molar-refractivity contribution in [2.24, 2.45) is 5.73 Å². The van der Waals surface area contributed by atoms with Gasteiger partial charge < -0.3 is 15.4 Å². The molecule has 0 spiro atoms. The highest BCUT2D eigenvalue weighted by Gasteiger charge is 2.30. The molecular formula is C16H23ClN2O2. The highest BCUT2D eigenvalue weighted by Crippen LogP contribution is 2.27. The van der Waals surface area contributed by atoms with Gasteiger partial charge in [0.05, 0.1) is 5.02 Å². The zero-order valence-corrected chi connectivity index (χ0v) is 13.6. The van der Waals surface area contributed by atoms with Crippen LogP contribution in [-0.2, 0) is 4.79 Å². The molecule has 0 saturated carbocycles. The smallest absolute Gasteiger partial charge is 0.263 e. The van der Waals surface area contributed by atoms with Crippen molar-refractivity contribution in [3.05, 3.63) is 28.8 Å². The fraction of sp³-hybridized carbons (Fsp3) is 0.562. The molecule has 2 N–H and O–H groups in total. The molecule has 21 heavy (non-hydrogen) atoms. The number of carbonyl (C=O) groups is 1. The van der Waals surface area contributed by atoms with Gasteiger partial charge in [0.2, 0.25) is 0 Å². The third-order valence-electron chi connectivity index (χ3n) is 3.94. The third-order valence-corrected chi connectivity index (χ3v) is 4.25. The Balaban J connectivity index is 2.04. The molecule has 4 nitrogen and oxygen atoms in total. The second-order valence-corrected chi connectivity index (χ2v) is 6.27. The number of benzene rings is 1. The molecule has 0 aliphatic carbocycles. The largest absolute Gasteiger partial charge is 0.479 e. The van der Waals surface area contributed by atoms with E-state index in [1.54, 1.807) is 13.0 Å². The van der Waals surface area contributed by atoms with Gasteiger partial charge in [0.25, 0.3) is 5.91 Å². The number of carbonyl (C=O) groups excluding carboxylic acids is 1. The lowest BCUT2D eigenvalue weighted by atomic mass is 9.98. The van der Waals surface area contributed by atoms with Gasteiger partial charge in [0.15, 0.2) is 6.10 Å². The van der Waals surface area contributed by atoms with E-state index in [1.807, 2.05) is 30.9 Å². The number of nitrogens with zero attached hydrogens (tertiary/aromatic N) is 1. The van der Waals surface area contributed by atoms with Crippen molar-refractivity contribution in [1.82, 2.24) is 4.90 Å². The maximum Gasteiger partial charge on any atom is 0.263 e. The van der Waals surface area contributed by atoms with Gasteiger partial charge in [-0.15, -0.1) is 0 Å². The minimum atomic E-state index is -0.555. The molecule has 0 unspecified atom stereocenters. The topological polar surface area (TPSA) is 55.6 Å². The first-order valence-electron chi connectivity index (χ1n) is 7.37. The Kier molecular flexibility index (Phi) is 5.12. The lowest BCUT2D eigenvalue weighted by molar-refractivity contribution is -0.141. The second kappa shape index (κ2) is 6.67. The summed E-state index contributed by atoms with van der Waals surface area (Å²) >= 11 is 6.11. The van der Waals surface area contributed by atoms with Crippen LogP contribution < -0.4 is 10.5 Å². The van der Waals surface area contributed by atoms with E-state index < -0.39 is 6.10 Å². The number of halogens is 1. The Labute approximate surface area is 131 Å². The van der Waals surface area contributed by atoms with Gasteiger partial charge >= 0.3 is 0 Å². The molecule has 1 aliphatic heterocycles. The molecule has 0 radical (unpaired) electrons. The predicted octanol–water partition coefficient (Wildman–Crippen LogP) is 2.75. The van der Waals surface area contributed by atoms with Crippen molar-refractivity contribution < 1.29 is 9.53 Å². The molecule has 1 heterocycles. The number of hydrogen-bond acceptors (Lipinski definition) is 3. The summed E-state index contributed by atoms with van der Waals surface area (Å²) in [6.07, 6.45) is 1.12. The van der Waals surface area contributed by atoms with Crippen LogP contribution in [0.2, 0.25) is 5.02 Å². The predicted molar refractivity (Wildman–Crippen MR) is 84.7 cm³/mol. The van der Waals surface area contributed by atoms with Crippen LogP contribution >= 0.6 is 11.6 Å². The Hall–Kier alpha value is -1.26. The third kappa shape index (κ3) is 3.89. The highest BCUT2D eigenvalue weighted by atomic mass is 35.5. The maximum atomic E-state index is 12.5. The summed E-state index contributed by atoms with van der Waals surface area (Å²) in [5, 5.41) is 0.522. The molecule has 2 rings (SSSR count). The summed E-state index contributed by atoms with van der Waals surface area (Å²) in [5.74, 6) is 0.547. The van der Waals surface area contributed by atoms with Crippen molar-refractivity contribution in [3.63, 3.8) is 0 Å². The molecule has 116 valence electrons. The molecule has 1 saturated heterocycles. The van der Waals surface area contributed by atoms with Gasteiger partial charge in [0.1, 0.15) is 5.75 Å². The molecule has 5 heteroatoms. The van der Waals surface area contributed by atoms with Gasteiger partial charge in [0, 0.05) is 18.6 Å². The Morgan fingerprint density at radius 2 is 2.24 bits per heavy atom. The Bertz CT molecular complexity index is 521. The zero-order chi connectivity index (χ0) is 15.6. The average Bonchev–Trinajstić information content (AvgIpc) is 2.42. The van der Waals surface area contributed by atoms with Crippen LogP contribution in [0, 0.1) is 6.92 Å². The lowest BCUT2D eigenvalue weighted by Crippen LogP contribution is -2.51. The van der Waals surface area contributed by atoms with Crippen molar-refractivity contribution >= 4 is 17.5 Å². The summed E-state index contributed by atoms with van der Waals surface area (Å²) < 4.78 is 5.76. The van der Waals surface area contributed by atoms with E-state index in [4.69, 9.17) is 22.1 Å². The van der Waals surface area contributed by atoms with Crippen LogP contribution in [-0.4, -0.2) is 35.5 Å². The molecule has 1 aliphatic rings. The first-order chi connectivity index (χ1) is 9.88. The van der Waals surface area contributed by atoms with E-state index in [0.717, 1.165) is 18.4 Å². The summed E-state index contributed by atoms with van der Waals surface area (Å²) in [4.78, 5) is 14.4. The first-order valence-corrected chi connectivity index (χ1v) is 7.75. The second-order valence-electron chi connectivity index (χ2n) is 5.86. The van der Waals surface area contributed by atoms with Crippen molar-refractivity contribution in [2.75, 3.05) is 6.54 Å². The molecule has 1 aromatic rings. The average molecular weight is 311 g/mol. The normalized spacial score (nSPS) is 23.8. The van der Waals surface area contributed by atoms with Crippen LogP contribution in [0.3, 0.4) is 0 Å². The van der Waals surface area contributed by atoms with Crippen molar-refractivity contribution in [2.45, 2.75) is 51.8 Å². The van der Waals surface area contributed by atoms with E-state index in [2.05, 4.69) is 0 Å². The van der Waals surface area contributed by atoms with Gasteiger partial charge in [-0.1, -0.05) is 17.7 Å². The zero-order valence-electron chi connectivity index (χ0n) is 12.8. The van der Waals surface area contributed by atoms with Crippen LogP contribution in [0.5, 0.6) is 5.75 Å². The van der Waals surface area contributed by atoms with Crippen LogP contribution in [0.15, 0.2) is 18.2 Å². The number of aryl methyl sites for hydroxylation is 1. The first kappa shape index (κ1) is 16.1. The highest BCUT2D eigenvalue weighted by molar-refractivity contribution is 6.32. The molecule has 1 fully saturated rings. The number of amides is 1. The fourth-order valence-electron chi connectivity index (χ4n) is 2.71. The van der Waals surface area contributed by atoms with Crippen LogP contribution in [0.1, 0.15) is 32.3 Å². The number of ether oxygens (including phenoxy) is 1. The monoisotopic (exact) mass is 310 g/mol. The van der Waals surface area contributed by atoms with Crippen molar-refractivity contribution in [1.29, 1.82) is 0 Å². The molecule has 0 bridgehead atoms.